The molecule has 22 heavy (non-hydrogen) atoms. The fourth-order valence-corrected chi connectivity index (χ4v) is 1.83. The summed E-state index contributed by atoms with van der Waals surface area (Å²) in [6.45, 7) is 1.02. The van der Waals surface area contributed by atoms with Crippen molar-refractivity contribution >= 4 is 29.0 Å². The number of ether oxygens (including phenoxy) is 2. The Bertz CT molecular complexity index is 600. The van der Waals surface area contributed by atoms with Crippen LogP contribution < -0.4 is 15.4 Å². The third-order valence-electron chi connectivity index (χ3n) is 2.77. The van der Waals surface area contributed by atoms with E-state index in [1.165, 1.54) is 0 Å². The summed E-state index contributed by atoms with van der Waals surface area (Å²) in [5.41, 5.74) is 1.34. The lowest BCUT2D eigenvalue weighted by atomic mass is 10.3. The van der Waals surface area contributed by atoms with Crippen LogP contribution in [0.4, 0.5) is 16.2 Å². The van der Waals surface area contributed by atoms with Crippen LogP contribution in [0.1, 0.15) is 0 Å². The van der Waals surface area contributed by atoms with Gasteiger partial charge in [0.05, 0.1) is 6.61 Å². The molecule has 2 amide bonds. The lowest BCUT2D eigenvalue weighted by Gasteiger charge is -2.09. The molecule has 0 heterocycles. The molecule has 0 saturated heterocycles. The SMILES string of the molecule is COCCOc1ccc(NC(=O)Nc2ccc(Cl)cc2)cc1. The summed E-state index contributed by atoms with van der Waals surface area (Å²) < 4.78 is 10.4. The molecule has 6 heteroatoms. The van der Waals surface area contributed by atoms with Crippen molar-refractivity contribution in [3.05, 3.63) is 53.6 Å². The monoisotopic (exact) mass is 320 g/mol. The molecule has 0 aliphatic heterocycles. The first kappa shape index (κ1) is 16.1. The van der Waals surface area contributed by atoms with Crippen LogP contribution in [-0.4, -0.2) is 26.4 Å². The lowest BCUT2D eigenvalue weighted by molar-refractivity contribution is 0.146. The van der Waals surface area contributed by atoms with Gasteiger partial charge in [-0.2, -0.15) is 0 Å². The zero-order chi connectivity index (χ0) is 15.8. The van der Waals surface area contributed by atoms with E-state index in [0.717, 1.165) is 5.75 Å². The Morgan fingerprint density at radius 2 is 1.50 bits per heavy atom. The summed E-state index contributed by atoms with van der Waals surface area (Å²) in [7, 11) is 1.62. The number of halogens is 1. The van der Waals surface area contributed by atoms with Crippen molar-refractivity contribution in [2.24, 2.45) is 0 Å². The molecule has 2 aromatic carbocycles. The highest BCUT2D eigenvalue weighted by Crippen LogP contribution is 2.17. The number of rotatable bonds is 6. The maximum absolute atomic E-state index is 11.9. The highest BCUT2D eigenvalue weighted by Gasteiger charge is 2.03. The third-order valence-corrected chi connectivity index (χ3v) is 3.02. The van der Waals surface area contributed by atoms with Crippen LogP contribution in [-0.2, 0) is 4.74 Å². The van der Waals surface area contributed by atoms with E-state index in [4.69, 9.17) is 21.1 Å². The molecule has 5 nitrogen and oxygen atoms in total. The van der Waals surface area contributed by atoms with E-state index in [0.29, 0.717) is 29.6 Å². The molecule has 0 saturated carbocycles. The van der Waals surface area contributed by atoms with Crippen LogP contribution in [0.5, 0.6) is 5.75 Å². The van der Waals surface area contributed by atoms with Gasteiger partial charge in [0.1, 0.15) is 12.4 Å². The van der Waals surface area contributed by atoms with Gasteiger partial charge in [0.25, 0.3) is 0 Å². The highest BCUT2D eigenvalue weighted by molar-refractivity contribution is 6.30. The number of benzene rings is 2. The Morgan fingerprint density at radius 3 is 2.05 bits per heavy atom. The summed E-state index contributed by atoms with van der Waals surface area (Å²) in [5.74, 6) is 0.723. The van der Waals surface area contributed by atoms with Gasteiger partial charge in [-0.25, -0.2) is 4.79 Å². The van der Waals surface area contributed by atoms with E-state index < -0.39 is 0 Å². The maximum Gasteiger partial charge on any atom is 0.323 e. The fourth-order valence-electron chi connectivity index (χ4n) is 1.70. The van der Waals surface area contributed by atoms with Crippen LogP contribution in [0.25, 0.3) is 0 Å². The third kappa shape index (κ3) is 5.27. The maximum atomic E-state index is 11.9. The molecule has 2 rings (SSSR count). The first-order valence-corrected chi connectivity index (χ1v) is 7.10. The zero-order valence-electron chi connectivity index (χ0n) is 12.1. The van der Waals surface area contributed by atoms with Gasteiger partial charge in [-0.05, 0) is 48.5 Å². The van der Waals surface area contributed by atoms with Gasteiger partial charge in [0, 0.05) is 23.5 Å². The number of hydrogen-bond acceptors (Lipinski definition) is 3. The number of nitrogens with one attached hydrogen (secondary N) is 2. The van der Waals surface area contributed by atoms with Crippen LogP contribution in [0.15, 0.2) is 48.5 Å². The summed E-state index contributed by atoms with van der Waals surface area (Å²) in [6.07, 6.45) is 0. The average molecular weight is 321 g/mol. The van der Waals surface area contributed by atoms with Crippen molar-refractivity contribution in [2.45, 2.75) is 0 Å². The van der Waals surface area contributed by atoms with E-state index in [2.05, 4.69) is 10.6 Å². The van der Waals surface area contributed by atoms with Crippen LogP contribution in [0, 0.1) is 0 Å². The molecule has 116 valence electrons. The summed E-state index contributed by atoms with van der Waals surface area (Å²) >= 11 is 5.79. The van der Waals surface area contributed by atoms with Crippen LogP contribution >= 0.6 is 11.6 Å². The van der Waals surface area contributed by atoms with Gasteiger partial charge in [-0.3, -0.25) is 0 Å². The summed E-state index contributed by atoms with van der Waals surface area (Å²) in [6, 6.07) is 13.7. The van der Waals surface area contributed by atoms with E-state index in [-0.39, 0.29) is 6.03 Å². The molecule has 0 unspecified atom stereocenters. The van der Waals surface area contributed by atoms with Crippen molar-refractivity contribution in [1.82, 2.24) is 0 Å². The second kappa shape index (κ2) is 8.26. The van der Waals surface area contributed by atoms with Crippen molar-refractivity contribution in [2.75, 3.05) is 31.0 Å². The van der Waals surface area contributed by atoms with E-state index >= 15 is 0 Å². The minimum atomic E-state index is -0.324. The van der Waals surface area contributed by atoms with Gasteiger partial charge in [0.2, 0.25) is 0 Å². The Hall–Kier alpha value is -2.24. The zero-order valence-corrected chi connectivity index (χ0v) is 12.9. The molecule has 0 bridgehead atoms. The van der Waals surface area contributed by atoms with E-state index in [1.807, 2.05) is 0 Å². The molecule has 0 radical (unpaired) electrons. The van der Waals surface area contributed by atoms with Crippen molar-refractivity contribution in [1.29, 1.82) is 0 Å². The Morgan fingerprint density at radius 1 is 0.955 bits per heavy atom. The number of anilines is 2. The number of amides is 2. The molecule has 0 aromatic heterocycles. The summed E-state index contributed by atoms with van der Waals surface area (Å²) in [4.78, 5) is 11.9. The van der Waals surface area contributed by atoms with Gasteiger partial charge in [0.15, 0.2) is 0 Å². The fraction of sp³-hybridized carbons (Fsp3) is 0.188. The standard InChI is InChI=1S/C16H17ClN2O3/c1-21-10-11-22-15-8-6-14(7-9-15)19-16(20)18-13-4-2-12(17)3-5-13/h2-9H,10-11H2,1H3,(H2,18,19,20). The summed E-state index contributed by atoms with van der Waals surface area (Å²) in [5, 5.41) is 6.07. The quantitative estimate of drug-likeness (QED) is 0.791. The smallest absolute Gasteiger partial charge is 0.323 e. The van der Waals surface area contributed by atoms with Crippen molar-refractivity contribution in [3.63, 3.8) is 0 Å². The van der Waals surface area contributed by atoms with Gasteiger partial charge in [-0.1, -0.05) is 11.6 Å². The highest BCUT2D eigenvalue weighted by atomic mass is 35.5. The number of methoxy groups -OCH3 is 1. The minimum absolute atomic E-state index is 0.324. The first-order chi connectivity index (χ1) is 10.7. The van der Waals surface area contributed by atoms with Gasteiger partial charge >= 0.3 is 6.03 Å². The number of urea groups is 1. The second-order valence-corrected chi connectivity index (χ2v) is 4.89. The molecule has 0 aliphatic carbocycles. The normalized spacial score (nSPS) is 10.1. The second-order valence-electron chi connectivity index (χ2n) is 4.45. The van der Waals surface area contributed by atoms with Gasteiger partial charge < -0.3 is 20.1 Å². The molecule has 2 aromatic rings. The average Bonchev–Trinajstić information content (AvgIpc) is 2.51. The van der Waals surface area contributed by atoms with Crippen LogP contribution in [0.2, 0.25) is 5.02 Å². The molecule has 0 aliphatic rings. The largest absolute Gasteiger partial charge is 0.491 e. The molecular formula is C16H17ClN2O3. The molecule has 0 fully saturated rings. The number of carbonyl (C=O) groups excluding carboxylic acids is 1. The van der Waals surface area contributed by atoms with Crippen molar-refractivity contribution < 1.29 is 14.3 Å². The number of hydrogen-bond donors (Lipinski definition) is 2. The lowest BCUT2D eigenvalue weighted by Crippen LogP contribution is -2.19. The van der Waals surface area contributed by atoms with Crippen molar-refractivity contribution in [3.8, 4) is 5.75 Å². The Balaban J connectivity index is 1.84. The topological polar surface area (TPSA) is 59.6 Å². The van der Waals surface area contributed by atoms with Crippen LogP contribution in [0.3, 0.4) is 0 Å². The first-order valence-electron chi connectivity index (χ1n) is 6.73. The minimum Gasteiger partial charge on any atom is -0.491 e. The molecule has 2 N–H and O–H groups in total. The molecule has 0 spiro atoms. The van der Waals surface area contributed by atoms with E-state index in [1.54, 1.807) is 55.6 Å². The predicted molar refractivity (Wildman–Crippen MR) is 87.9 cm³/mol. The predicted octanol–water partition coefficient (Wildman–Crippen LogP) is 4.01. The van der Waals surface area contributed by atoms with Gasteiger partial charge in [-0.15, -0.1) is 0 Å². The Labute approximate surface area is 134 Å². The number of carbonyl (C=O) groups is 1. The van der Waals surface area contributed by atoms with E-state index in [9.17, 15) is 4.79 Å². The molecule has 0 atom stereocenters. The molecular weight excluding hydrogens is 304 g/mol. The Kier molecular flexibility index (Phi) is 6.06.